The standard InChI is InChI=1S/C11H14S/c1-10-5-3-6-11(9-10)7-4-8-12-2/h3-7,9H,8H2,1-2H3/b7-4+. The van der Waals surface area contributed by atoms with Crippen LogP contribution < -0.4 is 0 Å². The lowest BCUT2D eigenvalue weighted by Crippen LogP contribution is -1.74. The summed E-state index contributed by atoms with van der Waals surface area (Å²) in [6.45, 7) is 2.12. The topological polar surface area (TPSA) is 0 Å². The highest BCUT2D eigenvalue weighted by molar-refractivity contribution is 7.98. The van der Waals surface area contributed by atoms with E-state index < -0.39 is 0 Å². The van der Waals surface area contributed by atoms with Gasteiger partial charge in [0, 0.05) is 5.75 Å². The molecule has 12 heavy (non-hydrogen) atoms. The highest BCUT2D eigenvalue weighted by atomic mass is 32.2. The smallest absolute Gasteiger partial charge is 0.0113 e. The predicted molar refractivity (Wildman–Crippen MR) is 58.6 cm³/mol. The molecule has 0 unspecified atom stereocenters. The summed E-state index contributed by atoms with van der Waals surface area (Å²) in [7, 11) is 0. The fourth-order valence-electron chi connectivity index (χ4n) is 1.05. The molecule has 1 aromatic rings. The second kappa shape index (κ2) is 5.04. The first-order valence-electron chi connectivity index (χ1n) is 4.05. The van der Waals surface area contributed by atoms with Crippen molar-refractivity contribution in [1.82, 2.24) is 0 Å². The van der Waals surface area contributed by atoms with Gasteiger partial charge in [0.1, 0.15) is 0 Å². The van der Waals surface area contributed by atoms with Crippen molar-refractivity contribution < 1.29 is 0 Å². The van der Waals surface area contributed by atoms with Crippen LogP contribution >= 0.6 is 11.8 Å². The van der Waals surface area contributed by atoms with Gasteiger partial charge in [-0.1, -0.05) is 42.0 Å². The van der Waals surface area contributed by atoms with Crippen molar-refractivity contribution in [2.24, 2.45) is 0 Å². The average molecular weight is 178 g/mol. The molecule has 0 radical (unpaired) electrons. The maximum atomic E-state index is 2.19. The summed E-state index contributed by atoms with van der Waals surface area (Å²) >= 11 is 1.84. The first-order chi connectivity index (χ1) is 5.83. The maximum Gasteiger partial charge on any atom is 0.0113 e. The highest BCUT2D eigenvalue weighted by Crippen LogP contribution is 2.06. The predicted octanol–water partition coefficient (Wildman–Crippen LogP) is 3.37. The monoisotopic (exact) mass is 178 g/mol. The van der Waals surface area contributed by atoms with E-state index >= 15 is 0 Å². The Morgan fingerprint density at radius 2 is 2.25 bits per heavy atom. The van der Waals surface area contributed by atoms with E-state index in [1.165, 1.54) is 11.1 Å². The number of hydrogen-bond acceptors (Lipinski definition) is 1. The van der Waals surface area contributed by atoms with Crippen LogP contribution in [0.1, 0.15) is 11.1 Å². The largest absolute Gasteiger partial charge is 0.161 e. The van der Waals surface area contributed by atoms with Crippen LogP contribution in [0.15, 0.2) is 30.3 Å². The quantitative estimate of drug-likeness (QED) is 0.684. The third-order valence-electron chi connectivity index (χ3n) is 1.62. The number of thioether (sulfide) groups is 1. The lowest BCUT2D eigenvalue weighted by Gasteiger charge is -1.94. The molecule has 0 aliphatic heterocycles. The van der Waals surface area contributed by atoms with E-state index in [0.717, 1.165) is 5.75 Å². The molecular weight excluding hydrogens is 164 g/mol. The number of rotatable bonds is 3. The van der Waals surface area contributed by atoms with Crippen molar-refractivity contribution in [3.63, 3.8) is 0 Å². The summed E-state index contributed by atoms with van der Waals surface area (Å²) in [5.41, 5.74) is 2.62. The molecule has 0 bridgehead atoms. The van der Waals surface area contributed by atoms with E-state index in [1.807, 2.05) is 11.8 Å². The van der Waals surface area contributed by atoms with E-state index in [4.69, 9.17) is 0 Å². The Kier molecular flexibility index (Phi) is 3.95. The SMILES string of the molecule is CSC/C=C/c1cccc(C)c1. The van der Waals surface area contributed by atoms with Crippen LogP contribution in [0.2, 0.25) is 0 Å². The van der Waals surface area contributed by atoms with Crippen molar-refractivity contribution in [3.05, 3.63) is 41.5 Å². The van der Waals surface area contributed by atoms with Gasteiger partial charge in [-0.15, -0.1) is 0 Å². The molecule has 0 aliphatic rings. The Hall–Kier alpha value is -0.690. The van der Waals surface area contributed by atoms with Gasteiger partial charge >= 0.3 is 0 Å². The molecule has 0 amide bonds. The molecule has 0 spiro atoms. The van der Waals surface area contributed by atoms with Crippen LogP contribution in [0.3, 0.4) is 0 Å². The molecule has 0 saturated heterocycles. The third kappa shape index (κ3) is 3.14. The van der Waals surface area contributed by atoms with Crippen LogP contribution in [0.5, 0.6) is 0 Å². The molecule has 1 heteroatoms. The molecular formula is C11H14S. The van der Waals surface area contributed by atoms with Gasteiger partial charge in [-0.3, -0.25) is 0 Å². The zero-order valence-electron chi connectivity index (χ0n) is 7.58. The second-order valence-corrected chi connectivity index (χ2v) is 3.68. The summed E-state index contributed by atoms with van der Waals surface area (Å²) in [5.74, 6) is 1.09. The van der Waals surface area contributed by atoms with Gasteiger partial charge in [0.2, 0.25) is 0 Å². The first kappa shape index (κ1) is 9.40. The van der Waals surface area contributed by atoms with Crippen molar-refractivity contribution in [3.8, 4) is 0 Å². The van der Waals surface area contributed by atoms with E-state index in [1.54, 1.807) is 0 Å². The third-order valence-corrected chi connectivity index (χ3v) is 2.14. The molecule has 0 nitrogen and oxygen atoms in total. The minimum atomic E-state index is 1.09. The van der Waals surface area contributed by atoms with Crippen LogP contribution in [0.25, 0.3) is 6.08 Å². The Balaban J connectivity index is 2.63. The van der Waals surface area contributed by atoms with Crippen molar-refractivity contribution in [2.45, 2.75) is 6.92 Å². The normalized spacial score (nSPS) is 10.8. The van der Waals surface area contributed by atoms with E-state index in [0.29, 0.717) is 0 Å². The number of aryl methyl sites for hydroxylation is 1. The van der Waals surface area contributed by atoms with Crippen molar-refractivity contribution in [1.29, 1.82) is 0 Å². The fraction of sp³-hybridized carbons (Fsp3) is 0.273. The van der Waals surface area contributed by atoms with Crippen LogP contribution in [0.4, 0.5) is 0 Å². The number of benzene rings is 1. The first-order valence-corrected chi connectivity index (χ1v) is 5.44. The Bertz CT molecular complexity index is 263. The molecule has 0 fully saturated rings. The lowest BCUT2D eigenvalue weighted by molar-refractivity contribution is 1.46. The van der Waals surface area contributed by atoms with Crippen LogP contribution in [-0.4, -0.2) is 12.0 Å². The number of hydrogen-bond donors (Lipinski definition) is 0. The van der Waals surface area contributed by atoms with Gasteiger partial charge in [-0.05, 0) is 18.7 Å². The van der Waals surface area contributed by atoms with Crippen LogP contribution in [-0.2, 0) is 0 Å². The van der Waals surface area contributed by atoms with E-state index in [-0.39, 0.29) is 0 Å². The van der Waals surface area contributed by atoms with Gasteiger partial charge in [0.25, 0.3) is 0 Å². The molecule has 1 rings (SSSR count). The Labute approximate surface area is 78.7 Å². The summed E-state index contributed by atoms with van der Waals surface area (Å²) in [4.78, 5) is 0. The van der Waals surface area contributed by atoms with E-state index in [2.05, 4.69) is 49.6 Å². The Morgan fingerprint density at radius 3 is 2.92 bits per heavy atom. The summed E-state index contributed by atoms with van der Waals surface area (Å²) in [5, 5.41) is 0. The summed E-state index contributed by atoms with van der Waals surface area (Å²) in [6.07, 6.45) is 6.48. The molecule has 0 saturated carbocycles. The molecule has 64 valence electrons. The van der Waals surface area contributed by atoms with Gasteiger partial charge < -0.3 is 0 Å². The summed E-state index contributed by atoms with van der Waals surface area (Å²) in [6, 6.07) is 8.53. The highest BCUT2D eigenvalue weighted by Gasteiger charge is 1.85. The molecule has 0 aliphatic carbocycles. The van der Waals surface area contributed by atoms with E-state index in [9.17, 15) is 0 Å². The molecule has 0 N–H and O–H groups in total. The summed E-state index contributed by atoms with van der Waals surface area (Å²) < 4.78 is 0. The Morgan fingerprint density at radius 1 is 1.42 bits per heavy atom. The van der Waals surface area contributed by atoms with Crippen molar-refractivity contribution in [2.75, 3.05) is 12.0 Å². The molecule has 0 heterocycles. The zero-order chi connectivity index (χ0) is 8.81. The lowest BCUT2D eigenvalue weighted by atomic mass is 10.1. The second-order valence-electron chi connectivity index (χ2n) is 2.77. The van der Waals surface area contributed by atoms with Gasteiger partial charge in [0.15, 0.2) is 0 Å². The minimum absolute atomic E-state index is 1.09. The average Bonchev–Trinajstić information content (AvgIpc) is 2.05. The molecule has 0 aromatic heterocycles. The van der Waals surface area contributed by atoms with Gasteiger partial charge in [-0.25, -0.2) is 0 Å². The molecule has 0 atom stereocenters. The van der Waals surface area contributed by atoms with Gasteiger partial charge in [0.05, 0.1) is 0 Å². The molecule has 1 aromatic carbocycles. The van der Waals surface area contributed by atoms with Crippen molar-refractivity contribution >= 4 is 17.8 Å². The zero-order valence-corrected chi connectivity index (χ0v) is 8.40. The maximum absolute atomic E-state index is 2.19. The van der Waals surface area contributed by atoms with Gasteiger partial charge in [-0.2, -0.15) is 11.8 Å². The van der Waals surface area contributed by atoms with Crippen LogP contribution in [0, 0.1) is 6.92 Å². The fourth-order valence-corrected chi connectivity index (χ4v) is 1.34. The minimum Gasteiger partial charge on any atom is -0.161 e.